The second-order valence-electron chi connectivity index (χ2n) is 4.64. The molecule has 1 aromatic heterocycles. The summed E-state index contributed by atoms with van der Waals surface area (Å²) in [5.41, 5.74) is 0.471. The van der Waals surface area contributed by atoms with Gasteiger partial charge in [0.1, 0.15) is 0 Å². The fourth-order valence-corrected chi connectivity index (χ4v) is 1.91. The fourth-order valence-electron chi connectivity index (χ4n) is 1.91. The Bertz CT molecular complexity index is 481. The predicted octanol–water partition coefficient (Wildman–Crippen LogP) is -0.197. The second kappa shape index (κ2) is 6.33. The number of amides is 2. The van der Waals surface area contributed by atoms with E-state index < -0.39 is 11.8 Å². The number of carbonyl (C=O) groups excluding carboxylic acids is 2. The Hall–Kier alpha value is -2.15. The van der Waals surface area contributed by atoms with Crippen molar-refractivity contribution in [2.75, 3.05) is 45.7 Å². The normalized spacial score (nSPS) is 15.8. The minimum absolute atomic E-state index is 0.452. The van der Waals surface area contributed by atoms with Gasteiger partial charge >= 0.3 is 11.8 Å². The van der Waals surface area contributed by atoms with E-state index in [9.17, 15) is 9.59 Å². The number of likely N-dealkylation sites (N-methyl/N-ethyl adjacent to an activating group) is 1. The summed E-state index contributed by atoms with van der Waals surface area (Å²) in [6, 6.07) is 3.26. The van der Waals surface area contributed by atoms with E-state index in [-0.39, 0.29) is 0 Å². The molecule has 1 saturated heterocycles. The van der Waals surface area contributed by atoms with Crippen LogP contribution < -0.4 is 10.1 Å². The molecule has 2 heterocycles. The molecule has 1 aliphatic heterocycles. The van der Waals surface area contributed by atoms with E-state index in [1.165, 1.54) is 13.3 Å². The van der Waals surface area contributed by atoms with Crippen molar-refractivity contribution in [2.24, 2.45) is 0 Å². The van der Waals surface area contributed by atoms with Crippen molar-refractivity contribution in [3.63, 3.8) is 0 Å². The Morgan fingerprint density at radius 3 is 2.50 bits per heavy atom. The lowest BCUT2D eigenvalue weighted by molar-refractivity contribution is -0.144. The molecule has 0 radical (unpaired) electrons. The highest BCUT2D eigenvalue weighted by atomic mass is 16.5. The molecule has 2 amide bonds. The van der Waals surface area contributed by atoms with Gasteiger partial charge in [-0.15, -0.1) is 0 Å². The lowest BCUT2D eigenvalue weighted by Crippen LogP contribution is -2.50. The summed E-state index contributed by atoms with van der Waals surface area (Å²) in [4.78, 5) is 31.5. The number of pyridine rings is 1. The fraction of sp³-hybridized carbons (Fsp3) is 0.462. The molecule has 1 N–H and O–H groups in total. The maximum Gasteiger partial charge on any atom is 0.313 e. The number of ether oxygens (including phenoxy) is 1. The third-order valence-corrected chi connectivity index (χ3v) is 3.19. The van der Waals surface area contributed by atoms with Gasteiger partial charge in [-0.1, -0.05) is 0 Å². The van der Waals surface area contributed by atoms with Crippen LogP contribution in [0.3, 0.4) is 0 Å². The van der Waals surface area contributed by atoms with Crippen LogP contribution in [0.5, 0.6) is 5.88 Å². The van der Waals surface area contributed by atoms with Crippen LogP contribution in [-0.4, -0.2) is 66.9 Å². The summed E-state index contributed by atoms with van der Waals surface area (Å²) in [6.07, 6.45) is 1.45. The summed E-state index contributed by atoms with van der Waals surface area (Å²) >= 11 is 0. The van der Waals surface area contributed by atoms with Gasteiger partial charge in [-0.05, 0) is 13.1 Å². The summed E-state index contributed by atoms with van der Waals surface area (Å²) in [5, 5.41) is 2.54. The zero-order valence-corrected chi connectivity index (χ0v) is 11.6. The van der Waals surface area contributed by atoms with Gasteiger partial charge in [-0.3, -0.25) is 9.59 Å². The Labute approximate surface area is 117 Å². The molecular formula is C13H18N4O3. The standard InChI is InChI=1S/C13H18N4O3/c1-16-5-7-17(8-6-16)13(19)12(18)15-10-3-4-11(20-2)14-9-10/h3-4,9H,5-8H2,1-2H3,(H,15,18). The number of piperazine rings is 1. The van der Waals surface area contributed by atoms with Crippen molar-refractivity contribution in [3.8, 4) is 5.88 Å². The van der Waals surface area contributed by atoms with Crippen LogP contribution in [0.1, 0.15) is 0 Å². The predicted molar refractivity (Wildman–Crippen MR) is 73.5 cm³/mol. The largest absolute Gasteiger partial charge is 0.481 e. The van der Waals surface area contributed by atoms with Gasteiger partial charge in [-0.25, -0.2) is 4.98 Å². The smallest absolute Gasteiger partial charge is 0.313 e. The first kappa shape index (κ1) is 14.3. The van der Waals surface area contributed by atoms with E-state index in [0.717, 1.165) is 13.1 Å². The van der Waals surface area contributed by atoms with Gasteiger partial charge in [0.15, 0.2) is 0 Å². The SMILES string of the molecule is COc1ccc(NC(=O)C(=O)N2CCN(C)CC2)cn1. The van der Waals surface area contributed by atoms with Crippen LogP contribution in [0, 0.1) is 0 Å². The molecule has 1 aliphatic rings. The van der Waals surface area contributed by atoms with E-state index in [1.807, 2.05) is 7.05 Å². The van der Waals surface area contributed by atoms with Gasteiger partial charge in [0.05, 0.1) is 19.0 Å². The van der Waals surface area contributed by atoms with Gasteiger partial charge in [-0.2, -0.15) is 0 Å². The maximum atomic E-state index is 12.0. The van der Waals surface area contributed by atoms with Crippen LogP contribution >= 0.6 is 0 Å². The Morgan fingerprint density at radius 2 is 1.95 bits per heavy atom. The van der Waals surface area contributed by atoms with Crippen molar-refractivity contribution < 1.29 is 14.3 Å². The van der Waals surface area contributed by atoms with Crippen molar-refractivity contribution in [3.05, 3.63) is 18.3 Å². The molecule has 7 nitrogen and oxygen atoms in total. The number of anilines is 1. The first-order valence-corrected chi connectivity index (χ1v) is 6.39. The van der Waals surface area contributed by atoms with E-state index in [2.05, 4.69) is 15.2 Å². The second-order valence-corrected chi connectivity index (χ2v) is 4.64. The molecule has 0 aliphatic carbocycles. The number of hydrogen-bond acceptors (Lipinski definition) is 5. The molecule has 108 valence electrons. The zero-order chi connectivity index (χ0) is 14.5. The Kier molecular flexibility index (Phi) is 4.52. The number of aromatic nitrogens is 1. The van der Waals surface area contributed by atoms with Crippen LogP contribution in [0.2, 0.25) is 0 Å². The van der Waals surface area contributed by atoms with Crippen molar-refractivity contribution in [1.29, 1.82) is 0 Å². The van der Waals surface area contributed by atoms with Crippen LogP contribution in [-0.2, 0) is 9.59 Å². The van der Waals surface area contributed by atoms with Gasteiger partial charge < -0.3 is 19.9 Å². The number of nitrogens with one attached hydrogen (secondary N) is 1. The molecule has 0 aromatic carbocycles. The van der Waals surface area contributed by atoms with Crippen LogP contribution in [0.25, 0.3) is 0 Å². The number of rotatable bonds is 2. The maximum absolute atomic E-state index is 12.0. The molecule has 1 aromatic rings. The minimum Gasteiger partial charge on any atom is -0.481 e. The summed E-state index contributed by atoms with van der Waals surface area (Å²) in [5.74, 6) is -0.691. The van der Waals surface area contributed by atoms with E-state index in [1.54, 1.807) is 17.0 Å². The molecule has 7 heteroatoms. The average Bonchev–Trinajstić information content (AvgIpc) is 2.48. The molecule has 20 heavy (non-hydrogen) atoms. The third kappa shape index (κ3) is 3.45. The van der Waals surface area contributed by atoms with Crippen molar-refractivity contribution in [1.82, 2.24) is 14.8 Å². The topological polar surface area (TPSA) is 74.8 Å². The molecule has 2 rings (SSSR count). The summed E-state index contributed by atoms with van der Waals surface area (Å²) in [7, 11) is 3.50. The summed E-state index contributed by atoms with van der Waals surface area (Å²) in [6.45, 7) is 2.71. The molecule has 1 fully saturated rings. The quantitative estimate of drug-likeness (QED) is 0.759. The molecule has 0 saturated carbocycles. The highest BCUT2D eigenvalue weighted by Gasteiger charge is 2.24. The number of carbonyl (C=O) groups is 2. The van der Waals surface area contributed by atoms with Crippen molar-refractivity contribution >= 4 is 17.5 Å². The molecular weight excluding hydrogens is 260 g/mol. The van der Waals surface area contributed by atoms with Gasteiger partial charge in [0.25, 0.3) is 0 Å². The number of methoxy groups -OCH3 is 1. The molecule has 0 spiro atoms. The molecule has 0 unspecified atom stereocenters. The average molecular weight is 278 g/mol. The highest BCUT2D eigenvalue weighted by molar-refractivity contribution is 6.39. The van der Waals surface area contributed by atoms with Crippen molar-refractivity contribution in [2.45, 2.75) is 0 Å². The molecule has 0 atom stereocenters. The zero-order valence-electron chi connectivity index (χ0n) is 11.6. The minimum atomic E-state index is -0.637. The van der Waals surface area contributed by atoms with Crippen LogP contribution in [0.15, 0.2) is 18.3 Å². The van der Waals surface area contributed by atoms with E-state index >= 15 is 0 Å². The first-order valence-electron chi connectivity index (χ1n) is 6.39. The monoisotopic (exact) mass is 278 g/mol. The Balaban J connectivity index is 1.91. The number of nitrogens with zero attached hydrogens (tertiary/aromatic N) is 3. The number of hydrogen-bond donors (Lipinski definition) is 1. The highest BCUT2D eigenvalue weighted by Crippen LogP contribution is 2.11. The van der Waals surface area contributed by atoms with Gasteiger partial charge in [0.2, 0.25) is 5.88 Å². The van der Waals surface area contributed by atoms with E-state index in [4.69, 9.17) is 4.74 Å². The Morgan fingerprint density at radius 1 is 1.25 bits per heavy atom. The lowest BCUT2D eigenvalue weighted by atomic mass is 10.3. The molecule has 0 bridgehead atoms. The van der Waals surface area contributed by atoms with Crippen LogP contribution in [0.4, 0.5) is 5.69 Å². The van der Waals surface area contributed by atoms with Gasteiger partial charge in [0, 0.05) is 32.2 Å². The summed E-state index contributed by atoms with van der Waals surface area (Å²) < 4.78 is 4.92. The van der Waals surface area contributed by atoms with E-state index in [0.29, 0.717) is 24.7 Å². The third-order valence-electron chi connectivity index (χ3n) is 3.19. The lowest BCUT2D eigenvalue weighted by Gasteiger charge is -2.31. The first-order chi connectivity index (χ1) is 9.60.